The third-order valence-electron chi connectivity index (χ3n) is 4.23. The summed E-state index contributed by atoms with van der Waals surface area (Å²) in [5.74, 6) is -56.5. The number of benzene rings is 1. The Morgan fingerprint density at radius 1 is 0.455 bits per heavy atom. The van der Waals surface area contributed by atoms with Crippen LogP contribution < -0.4 is 0 Å². The van der Waals surface area contributed by atoms with Crippen LogP contribution in [-0.4, -0.2) is 41.7 Å². The van der Waals surface area contributed by atoms with E-state index in [1.165, 1.54) is 0 Å². The smallest absolute Gasteiger partial charge is 0.194 e. The third kappa shape index (κ3) is 3.70. The molecule has 0 spiro atoms. The summed E-state index contributed by atoms with van der Waals surface area (Å²) < 4.78 is 224. The molecule has 0 atom stereocenters. The lowest BCUT2D eigenvalue weighted by molar-refractivity contribution is -0.462. The Hall–Kier alpha value is -2.23. The number of halogens is 17. The number of hydrogen-bond acceptors (Lipinski definition) is 0. The zero-order chi connectivity index (χ0) is 26.7. The summed E-state index contributed by atoms with van der Waals surface area (Å²) in [5, 5.41) is 0. The van der Waals surface area contributed by atoms with Crippen LogP contribution in [0, 0.1) is 0 Å². The highest BCUT2D eigenvalue weighted by atomic mass is 19.4. The first kappa shape index (κ1) is 28.8. The Bertz CT molecular complexity index is 860. The molecule has 0 unspecified atom stereocenters. The summed E-state index contributed by atoms with van der Waals surface area (Å²) in [6.45, 7) is 3.08. The highest BCUT2D eigenvalue weighted by Gasteiger charge is 2.95. The van der Waals surface area contributed by atoms with E-state index in [2.05, 4.69) is 6.58 Å². The molecule has 1 aromatic carbocycles. The average molecular weight is 522 g/mol. The van der Waals surface area contributed by atoms with Crippen LogP contribution in [0.2, 0.25) is 0 Å². The molecule has 33 heavy (non-hydrogen) atoms. The fourth-order valence-corrected chi connectivity index (χ4v) is 2.17. The van der Waals surface area contributed by atoms with Gasteiger partial charge in [0, 0.05) is 5.56 Å². The number of rotatable bonds is 8. The van der Waals surface area contributed by atoms with Gasteiger partial charge in [-0.05, 0) is 5.56 Å². The Kier molecular flexibility index (Phi) is 6.67. The molecule has 0 aliphatic heterocycles. The van der Waals surface area contributed by atoms with Gasteiger partial charge in [0.25, 0.3) is 0 Å². The van der Waals surface area contributed by atoms with Crippen molar-refractivity contribution in [2.24, 2.45) is 0 Å². The monoisotopic (exact) mass is 522 g/mol. The molecule has 0 heterocycles. The molecule has 0 saturated heterocycles. The molecule has 0 fully saturated rings. The van der Waals surface area contributed by atoms with Crippen molar-refractivity contribution in [1.29, 1.82) is 0 Å². The van der Waals surface area contributed by atoms with Crippen molar-refractivity contribution in [3.63, 3.8) is 0 Å². The second-order valence-electron chi connectivity index (χ2n) is 6.34. The molecule has 1 rings (SSSR count). The van der Waals surface area contributed by atoms with Gasteiger partial charge in [0.05, 0.1) is 0 Å². The van der Waals surface area contributed by atoms with Crippen LogP contribution >= 0.6 is 0 Å². The van der Waals surface area contributed by atoms with Crippen molar-refractivity contribution in [1.82, 2.24) is 0 Å². The fourth-order valence-electron chi connectivity index (χ4n) is 2.17. The summed E-state index contributed by atoms with van der Waals surface area (Å²) >= 11 is 0. The number of hydrogen-bond donors (Lipinski definition) is 0. The molecule has 0 N–H and O–H groups in total. The van der Waals surface area contributed by atoms with E-state index in [1.54, 1.807) is 0 Å². The van der Waals surface area contributed by atoms with E-state index in [1.807, 2.05) is 0 Å². The molecule has 1 aromatic rings. The van der Waals surface area contributed by atoms with Gasteiger partial charge in [-0.2, -0.15) is 74.6 Å². The van der Waals surface area contributed by atoms with E-state index in [0.29, 0.717) is 12.1 Å². The van der Waals surface area contributed by atoms with Crippen LogP contribution in [0.4, 0.5) is 74.6 Å². The quantitative estimate of drug-likeness (QED) is 0.306. The predicted octanol–water partition coefficient (Wildman–Crippen LogP) is 7.80. The van der Waals surface area contributed by atoms with Crippen LogP contribution in [0.3, 0.4) is 0 Å². The third-order valence-corrected chi connectivity index (χ3v) is 4.23. The molecular weight excluding hydrogens is 515 g/mol. The normalized spacial score (nSPS) is 15.5. The lowest BCUT2D eigenvalue weighted by atomic mass is 9.87. The van der Waals surface area contributed by atoms with Crippen LogP contribution in [0.1, 0.15) is 11.1 Å². The summed E-state index contributed by atoms with van der Waals surface area (Å²) in [6.07, 6.45) is -6.89. The highest BCUT2D eigenvalue weighted by Crippen LogP contribution is 2.65. The minimum absolute atomic E-state index is 0.107. The minimum Gasteiger partial charge on any atom is -0.194 e. The first-order chi connectivity index (χ1) is 14.3. The molecule has 0 radical (unpaired) electrons. The Morgan fingerprint density at radius 3 is 1.06 bits per heavy atom. The van der Waals surface area contributed by atoms with E-state index in [-0.39, 0.29) is 17.7 Å². The minimum atomic E-state index is -8.63. The molecule has 17 heteroatoms. The first-order valence-corrected chi connectivity index (χ1v) is 7.73. The molecule has 0 saturated carbocycles. The van der Waals surface area contributed by atoms with Gasteiger partial charge in [-0.25, -0.2) is 0 Å². The van der Waals surface area contributed by atoms with Crippen LogP contribution in [0.15, 0.2) is 30.8 Å². The molecule has 0 aromatic heterocycles. The maximum Gasteiger partial charge on any atom is 0.460 e. The zero-order valence-corrected chi connectivity index (χ0v) is 15.0. The Balaban J connectivity index is 3.69. The summed E-state index contributed by atoms with van der Waals surface area (Å²) in [6, 6.07) is 0.720. The second-order valence-corrected chi connectivity index (χ2v) is 6.34. The van der Waals surface area contributed by atoms with Crippen molar-refractivity contribution in [2.45, 2.75) is 47.6 Å². The van der Waals surface area contributed by atoms with E-state index in [9.17, 15) is 74.6 Å². The summed E-state index contributed by atoms with van der Waals surface area (Å²) in [5.41, 5.74) is -2.40. The second kappa shape index (κ2) is 7.65. The standard InChI is InChI=1S/C16H7F17/c1-2-7-3-5-8(6-4-7)9(17,18)10(19,20)11(21,22)12(23,24)13(25,26)14(27,28)15(29,30)16(31,32)33/h2-6H,1H2. The van der Waals surface area contributed by atoms with E-state index in [0.717, 1.165) is 6.08 Å². The van der Waals surface area contributed by atoms with Gasteiger partial charge in [0.15, 0.2) is 0 Å². The van der Waals surface area contributed by atoms with E-state index in [4.69, 9.17) is 0 Å². The largest absolute Gasteiger partial charge is 0.460 e. The van der Waals surface area contributed by atoms with Gasteiger partial charge in [-0.3, -0.25) is 0 Å². The fraction of sp³-hybridized carbons (Fsp3) is 0.500. The van der Waals surface area contributed by atoms with Gasteiger partial charge in [-0.1, -0.05) is 36.9 Å². The molecule has 0 bridgehead atoms. The summed E-state index contributed by atoms with van der Waals surface area (Å²) in [7, 11) is 0. The lowest BCUT2D eigenvalue weighted by Crippen LogP contribution is -2.74. The van der Waals surface area contributed by atoms with Gasteiger partial charge < -0.3 is 0 Å². The molecule has 0 amide bonds. The van der Waals surface area contributed by atoms with Crippen LogP contribution in [0.25, 0.3) is 6.08 Å². The summed E-state index contributed by atoms with van der Waals surface area (Å²) in [4.78, 5) is 0. The van der Waals surface area contributed by atoms with Crippen molar-refractivity contribution < 1.29 is 74.6 Å². The van der Waals surface area contributed by atoms with E-state index >= 15 is 0 Å². The van der Waals surface area contributed by atoms with E-state index < -0.39 is 53.2 Å². The predicted molar refractivity (Wildman–Crippen MR) is 76.2 cm³/mol. The van der Waals surface area contributed by atoms with Gasteiger partial charge in [0.1, 0.15) is 0 Å². The van der Waals surface area contributed by atoms with Crippen LogP contribution in [-0.2, 0) is 5.92 Å². The Labute approximate surface area is 171 Å². The SMILES string of the molecule is C=Cc1ccc(C(F)(F)C(F)(F)C(F)(F)C(F)(F)C(F)(F)C(F)(F)C(F)(F)C(F)(F)F)cc1. The highest BCUT2D eigenvalue weighted by molar-refractivity contribution is 5.47. The lowest BCUT2D eigenvalue weighted by Gasteiger charge is -2.42. The Morgan fingerprint density at radius 2 is 0.758 bits per heavy atom. The van der Waals surface area contributed by atoms with Crippen molar-refractivity contribution in [3.05, 3.63) is 42.0 Å². The average Bonchev–Trinajstić information content (AvgIpc) is 2.66. The topological polar surface area (TPSA) is 0 Å². The molecule has 190 valence electrons. The van der Waals surface area contributed by atoms with Gasteiger partial charge in [-0.15, -0.1) is 0 Å². The van der Waals surface area contributed by atoms with Crippen molar-refractivity contribution in [3.8, 4) is 0 Å². The van der Waals surface area contributed by atoms with Crippen molar-refractivity contribution in [2.75, 3.05) is 0 Å². The molecule has 0 aliphatic rings. The molecule has 0 aliphatic carbocycles. The zero-order valence-electron chi connectivity index (χ0n) is 15.0. The molecule has 0 nitrogen and oxygen atoms in total. The number of alkyl halides is 17. The maximum atomic E-state index is 14.0. The molecular formula is C16H7F17. The maximum absolute atomic E-state index is 14.0. The first-order valence-electron chi connectivity index (χ1n) is 7.73. The van der Waals surface area contributed by atoms with Crippen molar-refractivity contribution >= 4 is 6.08 Å². The van der Waals surface area contributed by atoms with Gasteiger partial charge >= 0.3 is 47.6 Å². The van der Waals surface area contributed by atoms with Crippen LogP contribution in [0.5, 0.6) is 0 Å². The van der Waals surface area contributed by atoms with Gasteiger partial charge in [0.2, 0.25) is 0 Å².